The summed E-state index contributed by atoms with van der Waals surface area (Å²) < 4.78 is 0. The molecule has 1 heterocycles. The molecular formula is C14H16ClN3O. The van der Waals surface area contributed by atoms with E-state index in [0.29, 0.717) is 10.7 Å². The van der Waals surface area contributed by atoms with Crippen molar-refractivity contribution in [1.82, 2.24) is 10.3 Å². The van der Waals surface area contributed by atoms with E-state index in [0.717, 1.165) is 25.7 Å². The number of nitrogens with one attached hydrogen (secondary N) is 1. The minimum Gasteiger partial charge on any atom is -0.336 e. The first kappa shape index (κ1) is 13.8. The minimum atomic E-state index is -0.413. The summed E-state index contributed by atoms with van der Waals surface area (Å²) in [6.45, 7) is 0. The standard InChI is InChI=1S/C14H16ClN3O/c15-13-7-6-11(9-17-13)14(19)18-12(8-16)10-4-2-1-3-5-10/h6-7,9-10,12H,1-5H2,(H,18,19). The topological polar surface area (TPSA) is 65.8 Å². The smallest absolute Gasteiger partial charge is 0.253 e. The molecule has 0 aliphatic heterocycles. The summed E-state index contributed by atoms with van der Waals surface area (Å²) in [5, 5.41) is 12.4. The van der Waals surface area contributed by atoms with Crippen molar-refractivity contribution in [3.63, 3.8) is 0 Å². The van der Waals surface area contributed by atoms with E-state index in [4.69, 9.17) is 11.6 Å². The third-order valence-electron chi connectivity index (χ3n) is 3.54. The van der Waals surface area contributed by atoms with Gasteiger partial charge in [0.2, 0.25) is 0 Å². The second-order valence-electron chi connectivity index (χ2n) is 4.85. The summed E-state index contributed by atoms with van der Waals surface area (Å²) in [4.78, 5) is 15.9. The lowest BCUT2D eigenvalue weighted by atomic mass is 9.84. The van der Waals surface area contributed by atoms with Gasteiger partial charge in [-0.3, -0.25) is 4.79 Å². The second kappa shape index (κ2) is 6.53. The number of halogens is 1. The Morgan fingerprint density at radius 2 is 2.16 bits per heavy atom. The highest BCUT2D eigenvalue weighted by Gasteiger charge is 2.25. The molecule has 2 rings (SSSR count). The van der Waals surface area contributed by atoms with Gasteiger partial charge in [-0.05, 0) is 30.9 Å². The van der Waals surface area contributed by atoms with Gasteiger partial charge in [0, 0.05) is 6.20 Å². The molecule has 5 heteroatoms. The van der Waals surface area contributed by atoms with Gasteiger partial charge in [0.1, 0.15) is 11.2 Å². The Hall–Kier alpha value is -1.60. The second-order valence-corrected chi connectivity index (χ2v) is 5.24. The average Bonchev–Trinajstić information content (AvgIpc) is 2.46. The fraction of sp³-hybridized carbons (Fsp3) is 0.500. The molecular weight excluding hydrogens is 262 g/mol. The summed E-state index contributed by atoms with van der Waals surface area (Å²) in [6, 6.07) is 4.97. The fourth-order valence-electron chi connectivity index (χ4n) is 2.46. The van der Waals surface area contributed by atoms with Crippen molar-refractivity contribution in [3.05, 3.63) is 29.0 Å². The molecule has 100 valence electrons. The third-order valence-corrected chi connectivity index (χ3v) is 3.76. The quantitative estimate of drug-likeness (QED) is 0.864. The summed E-state index contributed by atoms with van der Waals surface area (Å²) in [5.41, 5.74) is 0.431. The maximum atomic E-state index is 12.0. The van der Waals surface area contributed by atoms with Crippen molar-refractivity contribution < 1.29 is 4.79 Å². The van der Waals surface area contributed by atoms with Crippen LogP contribution in [-0.4, -0.2) is 16.9 Å². The van der Waals surface area contributed by atoms with E-state index in [2.05, 4.69) is 16.4 Å². The van der Waals surface area contributed by atoms with Crippen LogP contribution in [0.25, 0.3) is 0 Å². The van der Waals surface area contributed by atoms with E-state index in [1.807, 2.05) is 0 Å². The maximum absolute atomic E-state index is 12.0. The number of rotatable bonds is 3. The average molecular weight is 278 g/mol. The summed E-state index contributed by atoms with van der Waals surface area (Å²) in [7, 11) is 0. The van der Waals surface area contributed by atoms with Crippen LogP contribution < -0.4 is 5.32 Å². The van der Waals surface area contributed by atoms with Gasteiger partial charge in [-0.25, -0.2) is 4.98 Å². The predicted molar refractivity (Wildman–Crippen MR) is 72.7 cm³/mol. The van der Waals surface area contributed by atoms with E-state index in [-0.39, 0.29) is 11.8 Å². The SMILES string of the molecule is N#CC(NC(=O)c1ccc(Cl)nc1)C1CCCCC1. The number of nitriles is 1. The van der Waals surface area contributed by atoms with Crippen LogP contribution in [0.1, 0.15) is 42.5 Å². The first-order chi connectivity index (χ1) is 9.20. The van der Waals surface area contributed by atoms with Gasteiger partial charge in [-0.15, -0.1) is 0 Å². The number of pyridine rings is 1. The lowest BCUT2D eigenvalue weighted by molar-refractivity contribution is 0.0928. The van der Waals surface area contributed by atoms with Crippen LogP contribution >= 0.6 is 11.6 Å². The van der Waals surface area contributed by atoms with Crippen molar-refractivity contribution in [2.45, 2.75) is 38.1 Å². The van der Waals surface area contributed by atoms with Gasteiger partial charge in [-0.2, -0.15) is 5.26 Å². The number of nitrogens with zero attached hydrogens (tertiary/aromatic N) is 2. The van der Waals surface area contributed by atoms with Gasteiger partial charge in [-0.1, -0.05) is 30.9 Å². The highest BCUT2D eigenvalue weighted by molar-refractivity contribution is 6.29. The molecule has 1 aromatic rings. The Morgan fingerprint density at radius 3 is 2.74 bits per heavy atom. The van der Waals surface area contributed by atoms with Crippen LogP contribution in [0.15, 0.2) is 18.3 Å². The monoisotopic (exact) mass is 277 g/mol. The zero-order valence-corrected chi connectivity index (χ0v) is 11.4. The van der Waals surface area contributed by atoms with Crippen LogP contribution in [0.2, 0.25) is 5.15 Å². The predicted octanol–water partition coefficient (Wildman–Crippen LogP) is 2.94. The van der Waals surface area contributed by atoms with E-state index in [1.165, 1.54) is 12.6 Å². The van der Waals surface area contributed by atoms with Crippen LogP contribution in [0.3, 0.4) is 0 Å². The number of hydrogen-bond acceptors (Lipinski definition) is 3. The molecule has 1 aliphatic carbocycles. The normalized spacial score (nSPS) is 17.5. The molecule has 0 bridgehead atoms. The largest absolute Gasteiger partial charge is 0.336 e. The molecule has 1 N–H and O–H groups in total. The molecule has 1 unspecified atom stereocenters. The van der Waals surface area contributed by atoms with E-state index in [9.17, 15) is 10.1 Å². The summed E-state index contributed by atoms with van der Waals surface area (Å²) in [6.07, 6.45) is 6.95. The lowest BCUT2D eigenvalue weighted by Crippen LogP contribution is -2.40. The van der Waals surface area contributed by atoms with Gasteiger partial charge in [0.15, 0.2) is 0 Å². The van der Waals surface area contributed by atoms with Crippen LogP contribution in [0, 0.1) is 17.2 Å². The molecule has 0 aromatic carbocycles. The number of carbonyl (C=O) groups excluding carboxylic acids is 1. The zero-order valence-electron chi connectivity index (χ0n) is 10.6. The number of carbonyl (C=O) groups is 1. The Balaban J connectivity index is 1.99. The molecule has 1 aromatic heterocycles. The van der Waals surface area contributed by atoms with Crippen molar-refractivity contribution >= 4 is 17.5 Å². The Labute approximate surface area is 117 Å². The lowest BCUT2D eigenvalue weighted by Gasteiger charge is -2.26. The highest BCUT2D eigenvalue weighted by Crippen LogP contribution is 2.26. The maximum Gasteiger partial charge on any atom is 0.253 e. The van der Waals surface area contributed by atoms with Crippen LogP contribution in [-0.2, 0) is 0 Å². The molecule has 0 radical (unpaired) electrons. The summed E-state index contributed by atoms with van der Waals surface area (Å²) >= 11 is 5.68. The van der Waals surface area contributed by atoms with Crippen molar-refractivity contribution in [1.29, 1.82) is 5.26 Å². The Bertz CT molecular complexity index is 474. The number of hydrogen-bond donors (Lipinski definition) is 1. The van der Waals surface area contributed by atoms with Crippen molar-refractivity contribution in [3.8, 4) is 6.07 Å². The first-order valence-corrected chi connectivity index (χ1v) is 6.90. The van der Waals surface area contributed by atoms with Crippen LogP contribution in [0.4, 0.5) is 0 Å². The van der Waals surface area contributed by atoms with Gasteiger partial charge in [0.05, 0.1) is 11.6 Å². The molecule has 1 saturated carbocycles. The molecule has 1 amide bonds. The number of amides is 1. The summed E-state index contributed by atoms with van der Waals surface area (Å²) in [5.74, 6) is 0.00393. The molecule has 1 aliphatic rings. The first-order valence-electron chi connectivity index (χ1n) is 6.53. The van der Waals surface area contributed by atoms with Gasteiger partial charge >= 0.3 is 0 Å². The minimum absolute atomic E-state index is 0.263. The van der Waals surface area contributed by atoms with E-state index in [1.54, 1.807) is 12.1 Å². The van der Waals surface area contributed by atoms with E-state index < -0.39 is 6.04 Å². The van der Waals surface area contributed by atoms with Crippen LogP contribution in [0.5, 0.6) is 0 Å². The molecule has 1 fully saturated rings. The van der Waals surface area contributed by atoms with Gasteiger partial charge in [0.25, 0.3) is 5.91 Å². The molecule has 19 heavy (non-hydrogen) atoms. The van der Waals surface area contributed by atoms with Gasteiger partial charge < -0.3 is 5.32 Å². The van der Waals surface area contributed by atoms with Crippen molar-refractivity contribution in [2.75, 3.05) is 0 Å². The Kier molecular flexibility index (Phi) is 4.75. The fourth-order valence-corrected chi connectivity index (χ4v) is 2.57. The molecule has 0 saturated heterocycles. The van der Waals surface area contributed by atoms with Crippen molar-refractivity contribution in [2.24, 2.45) is 5.92 Å². The Morgan fingerprint density at radius 1 is 1.42 bits per heavy atom. The molecule has 0 spiro atoms. The number of aromatic nitrogens is 1. The molecule has 4 nitrogen and oxygen atoms in total. The highest BCUT2D eigenvalue weighted by atomic mass is 35.5. The zero-order chi connectivity index (χ0) is 13.7. The van der Waals surface area contributed by atoms with E-state index >= 15 is 0 Å². The third kappa shape index (κ3) is 3.68. The molecule has 1 atom stereocenters.